The average molecular weight is 858 g/mol. The maximum atomic E-state index is 12.7. The van der Waals surface area contributed by atoms with Crippen LogP contribution >= 0.6 is 7.82 Å². The summed E-state index contributed by atoms with van der Waals surface area (Å²) in [7, 11) is 1.31. The lowest BCUT2D eigenvalue weighted by Crippen LogP contribution is -2.37. The number of hydrogen-bond acceptors (Lipinski definition) is 7. The Morgan fingerprint density at radius 3 is 1.45 bits per heavy atom. The van der Waals surface area contributed by atoms with Gasteiger partial charge in [-0.15, -0.1) is 0 Å². The molecular formula is C51H88NO7P. The van der Waals surface area contributed by atoms with Crippen LogP contribution in [-0.2, 0) is 27.9 Å². The zero-order valence-corrected chi connectivity index (χ0v) is 39.8. The molecule has 0 fully saturated rings. The molecule has 344 valence electrons. The summed E-state index contributed by atoms with van der Waals surface area (Å²) in [5, 5.41) is 0. The van der Waals surface area contributed by atoms with Gasteiger partial charge in [0.15, 0.2) is 0 Å². The van der Waals surface area contributed by atoms with Crippen molar-refractivity contribution in [3.8, 4) is 0 Å². The lowest BCUT2D eigenvalue weighted by molar-refractivity contribution is -0.870. The molecule has 0 saturated carbocycles. The molecular weight excluding hydrogens is 770 g/mol. The van der Waals surface area contributed by atoms with Crippen molar-refractivity contribution in [1.29, 1.82) is 0 Å². The molecule has 8 nitrogen and oxygen atoms in total. The van der Waals surface area contributed by atoms with E-state index in [1.165, 1.54) is 38.5 Å². The third kappa shape index (κ3) is 46.5. The number of unbranched alkanes of at least 4 members (excludes halogenated alkanes) is 12. The molecule has 0 spiro atoms. The van der Waals surface area contributed by atoms with Gasteiger partial charge in [0.1, 0.15) is 19.3 Å². The summed E-state index contributed by atoms with van der Waals surface area (Å²) in [5.41, 5.74) is 0. The van der Waals surface area contributed by atoms with Crippen LogP contribution in [0.5, 0.6) is 0 Å². The quantitative estimate of drug-likeness (QED) is 0.0198. The van der Waals surface area contributed by atoms with Crippen molar-refractivity contribution in [2.24, 2.45) is 0 Å². The largest absolute Gasteiger partial charge is 0.756 e. The molecule has 0 aliphatic heterocycles. The summed E-state index contributed by atoms with van der Waals surface area (Å²) >= 11 is 0. The van der Waals surface area contributed by atoms with Crippen LogP contribution in [0.3, 0.4) is 0 Å². The summed E-state index contributed by atoms with van der Waals surface area (Å²) in [4.78, 5) is 25.1. The zero-order valence-electron chi connectivity index (χ0n) is 38.9. The van der Waals surface area contributed by atoms with Crippen LogP contribution in [0.4, 0.5) is 0 Å². The molecule has 0 bridgehead atoms. The van der Waals surface area contributed by atoms with Gasteiger partial charge >= 0.3 is 5.97 Å². The van der Waals surface area contributed by atoms with E-state index >= 15 is 0 Å². The second-order valence-electron chi connectivity index (χ2n) is 16.4. The number of phosphoric acid groups is 1. The van der Waals surface area contributed by atoms with Gasteiger partial charge in [0.05, 0.1) is 34.4 Å². The van der Waals surface area contributed by atoms with Crippen molar-refractivity contribution < 1.29 is 37.3 Å². The van der Waals surface area contributed by atoms with Crippen LogP contribution in [-0.4, -0.2) is 70.7 Å². The average Bonchev–Trinajstić information content (AvgIpc) is 3.20. The highest BCUT2D eigenvalue weighted by Crippen LogP contribution is 2.38. The van der Waals surface area contributed by atoms with Crippen LogP contribution in [0, 0.1) is 0 Å². The fourth-order valence-electron chi connectivity index (χ4n) is 5.74. The van der Waals surface area contributed by atoms with E-state index < -0.39 is 13.9 Å². The number of nitrogens with zero attached hydrogens (tertiary/aromatic N) is 1. The Labute approximate surface area is 368 Å². The smallest absolute Gasteiger partial charge is 0.306 e. The predicted octanol–water partition coefficient (Wildman–Crippen LogP) is 13.6. The van der Waals surface area contributed by atoms with E-state index in [0.717, 1.165) is 103 Å². The summed E-state index contributed by atoms with van der Waals surface area (Å²) < 4.78 is 34.6. The minimum Gasteiger partial charge on any atom is -0.756 e. The standard InChI is InChI=1S/C51H88NO7P/c1-6-8-10-12-14-16-18-20-22-23-24-25-26-27-28-29-30-32-34-36-38-40-42-44-51(53)59-50(49-58-60(54,55)57-47-45-52(3,4)5)48-56-46-43-41-39-37-35-33-31-21-19-17-15-13-11-9-7-2/h8,10,13-16,19-22,24-25,27-28,30,32,50H,6-7,9,11-12,17-18,23,26,29,31,33-49H2,1-5H3/b10-8-,15-13-,16-14-,21-19-,22-20-,25-24-,28-27-,32-30-. The van der Waals surface area contributed by atoms with Crippen molar-refractivity contribution >= 4 is 13.8 Å². The minimum absolute atomic E-state index is 0.0127. The molecule has 2 unspecified atom stereocenters. The minimum atomic E-state index is -4.54. The predicted molar refractivity (Wildman–Crippen MR) is 254 cm³/mol. The lowest BCUT2D eigenvalue weighted by atomic mass is 10.1. The van der Waals surface area contributed by atoms with Gasteiger partial charge in [0.2, 0.25) is 0 Å². The van der Waals surface area contributed by atoms with Crippen LogP contribution in [0.2, 0.25) is 0 Å². The SMILES string of the molecule is CC/C=C\C/C=C\C/C=C\C/C=C\C/C=C\C/C=C\CCCCCCC(=O)OC(COCCCCCCCC/C=C\C/C=C\CCCC)COP(=O)([O-])OCC[N+](C)(C)C. The van der Waals surface area contributed by atoms with E-state index in [1.54, 1.807) is 0 Å². The number of esters is 1. The third-order valence-corrected chi connectivity index (χ3v) is 10.3. The molecule has 0 saturated heterocycles. The molecule has 0 amide bonds. The molecule has 60 heavy (non-hydrogen) atoms. The van der Waals surface area contributed by atoms with Gasteiger partial charge in [-0.05, 0) is 89.9 Å². The molecule has 0 aromatic carbocycles. The highest BCUT2D eigenvalue weighted by Gasteiger charge is 2.20. The topological polar surface area (TPSA) is 94.1 Å². The number of hydrogen-bond donors (Lipinski definition) is 0. The van der Waals surface area contributed by atoms with Crippen LogP contribution in [0.25, 0.3) is 0 Å². The number of phosphoric ester groups is 1. The van der Waals surface area contributed by atoms with Gasteiger partial charge in [0.25, 0.3) is 7.82 Å². The Hall–Kier alpha value is -2.58. The van der Waals surface area contributed by atoms with Gasteiger partial charge in [-0.25, -0.2) is 0 Å². The fourth-order valence-corrected chi connectivity index (χ4v) is 6.47. The maximum absolute atomic E-state index is 12.7. The number of carbonyl (C=O) groups excluding carboxylic acids is 1. The molecule has 0 aromatic heterocycles. The second-order valence-corrected chi connectivity index (χ2v) is 17.8. The van der Waals surface area contributed by atoms with Crippen molar-refractivity contribution in [2.45, 2.75) is 168 Å². The molecule has 2 atom stereocenters. The molecule has 9 heteroatoms. The number of ether oxygens (including phenoxy) is 2. The normalized spacial score (nSPS) is 14.6. The Morgan fingerprint density at radius 2 is 0.967 bits per heavy atom. The Morgan fingerprint density at radius 1 is 0.533 bits per heavy atom. The fraction of sp³-hybridized carbons (Fsp3) is 0.667. The maximum Gasteiger partial charge on any atom is 0.306 e. The van der Waals surface area contributed by atoms with E-state index in [0.29, 0.717) is 17.6 Å². The number of likely N-dealkylation sites (N-methyl/N-ethyl adjacent to an activating group) is 1. The Bertz CT molecular complexity index is 1270. The highest BCUT2D eigenvalue weighted by molar-refractivity contribution is 7.45. The summed E-state index contributed by atoms with van der Waals surface area (Å²) in [5.74, 6) is -0.367. The van der Waals surface area contributed by atoms with E-state index in [2.05, 4.69) is 111 Å². The van der Waals surface area contributed by atoms with Gasteiger partial charge in [-0.1, -0.05) is 162 Å². The molecule has 0 heterocycles. The monoisotopic (exact) mass is 858 g/mol. The zero-order chi connectivity index (χ0) is 44.1. The number of quaternary nitrogens is 1. The highest BCUT2D eigenvalue weighted by atomic mass is 31.2. The van der Waals surface area contributed by atoms with E-state index in [-0.39, 0.29) is 32.2 Å². The third-order valence-electron chi connectivity index (χ3n) is 9.37. The molecule has 0 aliphatic carbocycles. The molecule has 0 rings (SSSR count). The second kappa shape index (κ2) is 43.1. The Balaban J connectivity index is 4.30. The molecule has 0 aliphatic rings. The van der Waals surface area contributed by atoms with E-state index in [4.69, 9.17) is 18.5 Å². The van der Waals surface area contributed by atoms with E-state index in [9.17, 15) is 14.3 Å². The van der Waals surface area contributed by atoms with Crippen LogP contribution < -0.4 is 4.89 Å². The molecule has 0 radical (unpaired) electrons. The van der Waals surface area contributed by atoms with Gasteiger partial charge in [0, 0.05) is 13.0 Å². The molecule has 0 N–H and O–H groups in total. The first-order valence-corrected chi connectivity index (χ1v) is 24.9. The lowest BCUT2D eigenvalue weighted by Gasteiger charge is -2.28. The number of carbonyl (C=O) groups is 1. The van der Waals surface area contributed by atoms with Gasteiger partial charge < -0.3 is 27.9 Å². The summed E-state index contributed by atoms with van der Waals surface area (Å²) in [6, 6.07) is 0. The first-order valence-electron chi connectivity index (χ1n) is 23.5. The van der Waals surface area contributed by atoms with Crippen molar-refractivity contribution in [1.82, 2.24) is 0 Å². The number of rotatable bonds is 42. The van der Waals surface area contributed by atoms with Gasteiger partial charge in [-0.3, -0.25) is 9.36 Å². The Kier molecular flexibility index (Phi) is 41.2. The summed E-state index contributed by atoms with van der Waals surface area (Å²) in [6.45, 7) is 5.17. The van der Waals surface area contributed by atoms with Gasteiger partial charge in [-0.2, -0.15) is 0 Å². The number of allylic oxidation sites excluding steroid dienone is 16. The summed E-state index contributed by atoms with van der Waals surface area (Å²) in [6.07, 6.45) is 58.5. The van der Waals surface area contributed by atoms with Crippen LogP contribution in [0.1, 0.15) is 162 Å². The first-order chi connectivity index (χ1) is 29.1. The first kappa shape index (κ1) is 57.4. The van der Waals surface area contributed by atoms with Crippen molar-refractivity contribution in [3.05, 3.63) is 97.2 Å². The molecule has 0 aromatic rings. The van der Waals surface area contributed by atoms with Crippen molar-refractivity contribution in [2.75, 3.05) is 54.1 Å². The van der Waals surface area contributed by atoms with E-state index in [1.807, 2.05) is 21.1 Å². The van der Waals surface area contributed by atoms with Crippen molar-refractivity contribution in [3.63, 3.8) is 0 Å². The van der Waals surface area contributed by atoms with Crippen LogP contribution in [0.15, 0.2) is 97.2 Å².